The highest BCUT2D eigenvalue weighted by Gasteiger charge is 2.34. The molecular weight excluding hydrogens is 358 g/mol. The van der Waals surface area contributed by atoms with E-state index in [9.17, 15) is 8.42 Å². The van der Waals surface area contributed by atoms with E-state index >= 15 is 0 Å². The van der Waals surface area contributed by atoms with Gasteiger partial charge in [0.2, 0.25) is 10.0 Å². The first-order chi connectivity index (χ1) is 11.8. The summed E-state index contributed by atoms with van der Waals surface area (Å²) in [7, 11) is -3.62. The largest absolute Gasteiger partial charge is 0.492 e. The quantitative estimate of drug-likeness (QED) is 0.626. The molecule has 6 heteroatoms. The summed E-state index contributed by atoms with van der Waals surface area (Å²) in [6.45, 7) is 9.81. The summed E-state index contributed by atoms with van der Waals surface area (Å²) >= 11 is 6.23. The Hall–Kier alpha value is -0.780. The standard InChI is InChI=1S/C19H30ClNO3S/c1-5-6-7-8-24-18-10-16(4)17(20)11-19(18)25(22,23)21-12-14(2)9-15(3)13-21/h10-11,14-15H,5-9,12-13H2,1-4H3/t14-,15+. The molecule has 0 unspecified atom stereocenters. The average Bonchev–Trinajstić information content (AvgIpc) is 2.53. The van der Waals surface area contributed by atoms with E-state index in [2.05, 4.69) is 20.8 Å². The summed E-state index contributed by atoms with van der Waals surface area (Å²) in [5.41, 5.74) is 0.825. The molecular formula is C19H30ClNO3S. The van der Waals surface area contributed by atoms with Gasteiger partial charge in [0.05, 0.1) is 6.61 Å². The highest BCUT2D eigenvalue weighted by molar-refractivity contribution is 7.89. The predicted molar refractivity (Wildman–Crippen MR) is 103 cm³/mol. The summed E-state index contributed by atoms with van der Waals surface area (Å²) in [5, 5.41) is 0.456. The first-order valence-electron chi connectivity index (χ1n) is 9.18. The van der Waals surface area contributed by atoms with E-state index in [0.717, 1.165) is 31.2 Å². The molecule has 0 bridgehead atoms. The number of sulfonamides is 1. The van der Waals surface area contributed by atoms with Gasteiger partial charge in [-0.05, 0) is 49.3 Å². The summed E-state index contributed by atoms with van der Waals surface area (Å²) in [6, 6.07) is 3.29. The van der Waals surface area contributed by atoms with Gasteiger partial charge in [-0.3, -0.25) is 0 Å². The molecule has 1 fully saturated rings. The maximum absolute atomic E-state index is 13.2. The van der Waals surface area contributed by atoms with Crippen molar-refractivity contribution >= 4 is 21.6 Å². The number of halogens is 1. The molecule has 1 aliphatic heterocycles. The second kappa shape index (κ2) is 8.74. The number of unbranched alkanes of at least 4 members (excludes halogenated alkanes) is 2. The molecule has 0 aromatic heterocycles. The fraction of sp³-hybridized carbons (Fsp3) is 0.684. The number of aryl methyl sites for hydroxylation is 1. The number of hydrogen-bond acceptors (Lipinski definition) is 3. The number of piperidine rings is 1. The van der Waals surface area contributed by atoms with Gasteiger partial charge in [-0.25, -0.2) is 8.42 Å². The lowest BCUT2D eigenvalue weighted by atomic mass is 9.94. The summed E-state index contributed by atoms with van der Waals surface area (Å²) < 4.78 is 33.9. The van der Waals surface area contributed by atoms with E-state index in [-0.39, 0.29) is 4.90 Å². The Morgan fingerprint density at radius 1 is 1.20 bits per heavy atom. The first kappa shape index (κ1) is 20.5. The molecule has 25 heavy (non-hydrogen) atoms. The van der Waals surface area contributed by atoms with Gasteiger partial charge >= 0.3 is 0 Å². The summed E-state index contributed by atoms with van der Waals surface area (Å²) in [5.74, 6) is 1.13. The Morgan fingerprint density at radius 2 is 1.84 bits per heavy atom. The zero-order chi connectivity index (χ0) is 18.6. The Morgan fingerprint density at radius 3 is 2.44 bits per heavy atom. The van der Waals surface area contributed by atoms with Crippen LogP contribution in [0.4, 0.5) is 0 Å². The van der Waals surface area contributed by atoms with Crippen LogP contribution in [0.25, 0.3) is 0 Å². The van der Waals surface area contributed by atoms with Crippen molar-refractivity contribution in [2.75, 3.05) is 19.7 Å². The SMILES string of the molecule is CCCCCOc1cc(C)c(Cl)cc1S(=O)(=O)N1C[C@H](C)C[C@H](C)C1. The highest BCUT2D eigenvalue weighted by Crippen LogP contribution is 2.35. The number of rotatable bonds is 7. The molecule has 0 N–H and O–H groups in total. The molecule has 0 saturated carbocycles. The van der Waals surface area contributed by atoms with Crippen molar-refractivity contribution < 1.29 is 13.2 Å². The lowest BCUT2D eigenvalue weighted by molar-refractivity contribution is 0.221. The number of benzene rings is 1. The van der Waals surface area contributed by atoms with Crippen molar-refractivity contribution in [3.63, 3.8) is 0 Å². The Balaban J connectivity index is 2.33. The molecule has 1 aliphatic rings. The topological polar surface area (TPSA) is 46.6 Å². The minimum absolute atomic E-state index is 0.195. The molecule has 1 aromatic rings. The van der Waals surface area contributed by atoms with Crippen LogP contribution < -0.4 is 4.74 Å². The third kappa shape index (κ3) is 5.11. The molecule has 1 heterocycles. The predicted octanol–water partition coefficient (Wildman–Crippen LogP) is 4.88. The molecule has 1 aromatic carbocycles. The minimum Gasteiger partial charge on any atom is -0.492 e. The van der Waals surface area contributed by atoms with Gasteiger partial charge in [0.15, 0.2) is 0 Å². The van der Waals surface area contributed by atoms with E-state index in [0.29, 0.717) is 42.3 Å². The molecule has 0 spiro atoms. The first-order valence-corrected chi connectivity index (χ1v) is 11.0. The molecule has 4 nitrogen and oxygen atoms in total. The Labute approximate surface area is 157 Å². The van der Waals surface area contributed by atoms with Crippen LogP contribution in [-0.4, -0.2) is 32.4 Å². The highest BCUT2D eigenvalue weighted by atomic mass is 35.5. The molecule has 2 atom stereocenters. The van der Waals surface area contributed by atoms with E-state index < -0.39 is 10.0 Å². The maximum atomic E-state index is 13.2. The van der Waals surface area contributed by atoms with Gasteiger partial charge < -0.3 is 4.74 Å². The number of nitrogens with zero attached hydrogens (tertiary/aromatic N) is 1. The minimum atomic E-state index is -3.62. The molecule has 0 aliphatic carbocycles. The van der Waals surface area contributed by atoms with Crippen LogP contribution in [0, 0.1) is 18.8 Å². The van der Waals surface area contributed by atoms with Gasteiger partial charge in [0, 0.05) is 18.1 Å². The Kier molecular flexibility index (Phi) is 7.18. The summed E-state index contributed by atoms with van der Waals surface area (Å²) in [4.78, 5) is 0.195. The van der Waals surface area contributed by atoms with Crippen molar-refractivity contribution in [3.05, 3.63) is 22.7 Å². The second-order valence-electron chi connectivity index (χ2n) is 7.37. The van der Waals surface area contributed by atoms with Gasteiger partial charge in [0.1, 0.15) is 10.6 Å². The van der Waals surface area contributed by atoms with Gasteiger partial charge in [0.25, 0.3) is 0 Å². The van der Waals surface area contributed by atoms with Crippen LogP contribution >= 0.6 is 11.6 Å². The lowest BCUT2D eigenvalue weighted by Crippen LogP contribution is -2.42. The van der Waals surface area contributed by atoms with Gasteiger partial charge in [-0.2, -0.15) is 4.31 Å². The zero-order valence-corrected chi connectivity index (χ0v) is 17.3. The average molecular weight is 388 g/mol. The van der Waals surface area contributed by atoms with E-state index in [1.165, 1.54) is 0 Å². The second-order valence-corrected chi connectivity index (χ2v) is 9.69. The smallest absolute Gasteiger partial charge is 0.246 e. The fourth-order valence-corrected chi connectivity index (χ4v) is 5.47. The van der Waals surface area contributed by atoms with Crippen molar-refractivity contribution in [1.82, 2.24) is 4.31 Å². The van der Waals surface area contributed by atoms with Crippen LogP contribution in [0.1, 0.15) is 52.0 Å². The van der Waals surface area contributed by atoms with Crippen LogP contribution in [0.15, 0.2) is 17.0 Å². The number of ether oxygens (including phenoxy) is 1. The molecule has 1 saturated heterocycles. The van der Waals surface area contributed by atoms with E-state index in [1.54, 1.807) is 16.4 Å². The third-order valence-corrected chi connectivity index (χ3v) is 6.94. The van der Waals surface area contributed by atoms with Crippen molar-refractivity contribution in [3.8, 4) is 5.75 Å². The normalized spacial score (nSPS) is 22.1. The van der Waals surface area contributed by atoms with Crippen molar-refractivity contribution in [2.45, 2.75) is 58.3 Å². The van der Waals surface area contributed by atoms with E-state index in [1.807, 2.05) is 6.92 Å². The third-order valence-electron chi connectivity index (χ3n) is 4.68. The van der Waals surface area contributed by atoms with Crippen LogP contribution in [0.2, 0.25) is 5.02 Å². The monoisotopic (exact) mass is 387 g/mol. The number of hydrogen-bond donors (Lipinski definition) is 0. The van der Waals surface area contributed by atoms with Crippen molar-refractivity contribution in [2.24, 2.45) is 11.8 Å². The van der Waals surface area contributed by atoms with Crippen LogP contribution in [0.3, 0.4) is 0 Å². The zero-order valence-electron chi connectivity index (χ0n) is 15.7. The van der Waals surface area contributed by atoms with Crippen LogP contribution in [0.5, 0.6) is 5.75 Å². The molecule has 0 amide bonds. The maximum Gasteiger partial charge on any atom is 0.246 e. The fourth-order valence-electron chi connectivity index (χ4n) is 3.43. The molecule has 0 radical (unpaired) electrons. The van der Waals surface area contributed by atoms with Crippen molar-refractivity contribution in [1.29, 1.82) is 0 Å². The molecule has 2 rings (SSSR count). The van der Waals surface area contributed by atoms with Gasteiger partial charge in [-0.15, -0.1) is 0 Å². The summed E-state index contributed by atoms with van der Waals surface area (Å²) in [6.07, 6.45) is 4.13. The van der Waals surface area contributed by atoms with Gasteiger partial charge in [-0.1, -0.05) is 45.2 Å². The lowest BCUT2D eigenvalue weighted by Gasteiger charge is -2.34. The van der Waals surface area contributed by atoms with E-state index in [4.69, 9.17) is 16.3 Å². The Bertz CT molecular complexity index is 680. The van der Waals surface area contributed by atoms with Crippen LogP contribution in [-0.2, 0) is 10.0 Å². The molecule has 142 valence electrons.